The highest BCUT2D eigenvalue weighted by Gasteiger charge is 1.95. The Morgan fingerprint density at radius 2 is 2.08 bits per heavy atom. The van der Waals surface area contributed by atoms with Gasteiger partial charge in [-0.15, -0.1) is 0 Å². The third-order valence-corrected chi connectivity index (χ3v) is 2.32. The maximum Gasteiger partial charge on any atom is 0.194 e. The van der Waals surface area contributed by atoms with E-state index >= 15 is 0 Å². The van der Waals surface area contributed by atoms with Crippen LogP contribution in [0.2, 0.25) is 0 Å². The number of hydrogen-bond donors (Lipinski definition) is 0. The summed E-state index contributed by atoms with van der Waals surface area (Å²) in [7, 11) is 0. The van der Waals surface area contributed by atoms with E-state index in [9.17, 15) is 0 Å². The van der Waals surface area contributed by atoms with Gasteiger partial charge in [-0.25, -0.2) is 4.98 Å². The SMILES string of the molecule is c1ccc(COc2cncs2)cc1. The van der Waals surface area contributed by atoms with Crippen molar-refractivity contribution in [1.82, 2.24) is 4.98 Å². The number of ether oxygens (including phenoxy) is 1. The van der Waals surface area contributed by atoms with E-state index in [1.165, 1.54) is 16.9 Å². The molecule has 13 heavy (non-hydrogen) atoms. The second kappa shape index (κ2) is 4.05. The molecule has 0 unspecified atom stereocenters. The van der Waals surface area contributed by atoms with Gasteiger partial charge in [0.05, 0.1) is 11.7 Å². The Morgan fingerprint density at radius 3 is 2.77 bits per heavy atom. The smallest absolute Gasteiger partial charge is 0.194 e. The standard InChI is InChI=1S/C10H9NOS/c1-2-4-9(5-3-1)7-12-10-6-11-8-13-10/h1-6,8H,7H2. The molecule has 0 bridgehead atoms. The zero-order valence-corrected chi connectivity index (χ0v) is 7.83. The third-order valence-electron chi connectivity index (χ3n) is 1.63. The molecule has 0 aliphatic carbocycles. The molecule has 3 heteroatoms. The Bertz CT molecular complexity index is 344. The highest BCUT2D eigenvalue weighted by Crippen LogP contribution is 2.17. The minimum Gasteiger partial charge on any atom is -0.478 e. The van der Waals surface area contributed by atoms with Gasteiger partial charge in [0.2, 0.25) is 0 Å². The largest absolute Gasteiger partial charge is 0.478 e. The van der Waals surface area contributed by atoms with E-state index in [-0.39, 0.29) is 0 Å². The van der Waals surface area contributed by atoms with Gasteiger partial charge >= 0.3 is 0 Å². The van der Waals surface area contributed by atoms with Crippen LogP contribution in [-0.4, -0.2) is 4.98 Å². The van der Waals surface area contributed by atoms with Gasteiger partial charge in [0.1, 0.15) is 6.61 Å². The van der Waals surface area contributed by atoms with Crippen molar-refractivity contribution < 1.29 is 4.74 Å². The molecular weight excluding hydrogens is 182 g/mol. The van der Waals surface area contributed by atoms with Crippen LogP contribution in [0.15, 0.2) is 42.0 Å². The van der Waals surface area contributed by atoms with E-state index in [4.69, 9.17) is 4.74 Å². The monoisotopic (exact) mass is 191 g/mol. The first-order valence-corrected chi connectivity index (χ1v) is 4.88. The molecule has 0 saturated heterocycles. The molecule has 1 aromatic heterocycles. The van der Waals surface area contributed by atoms with Crippen LogP contribution in [0, 0.1) is 0 Å². The van der Waals surface area contributed by atoms with Gasteiger partial charge in [0.15, 0.2) is 5.06 Å². The Kier molecular flexibility index (Phi) is 2.57. The summed E-state index contributed by atoms with van der Waals surface area (Å²) in [4.78, 5) is 3.93. The number of nitrogens with zero attached hydrogens (tertiary/aromatic N) is 1. The molecule has 2 nitrogen and oxygen atoms in total. The molecule has 0 saturated carbocycles. The lowest BCUT2D eigenvalue weighted by molar-refractivity contribution is 0.315. The molecule has 0 aliphatic heterocycles. The highest BCUT2D eigenvalue weighted by molar-refractivity contribution is 7.11. The summed E-state index contributed by atoms with van der Waals surface area (Å²) in [5.41, 5.74) is 2.94. The van der Waals surface area contributed by atoms with Crippen LogP contribution in [0.25, 0.3) is 0 Å². The van der Waals surface area contributed by atoms with Crippen molar-refractivity contribution in [2.75, 3.05) is 0 Å². The summed E-state index contributed by atoms with van der Waals surface area (Å²) in [5, 5.41) is 0.865. The lowest BCUT2D eigenvalue weighted by Gasteiger charge is -2.01. The Morgan fingerprint density at radius 1 is 1.23 bits per heavy atom. The molecule has 0 N–H and O–H groups in total. The van der Waals surface area contributed by atoms with Gasteiger partial charge in [-0.3, -0.25) is 0 Å². The highest BCUT2D eigenvalue weighted by atomic mass is 32.1. The fraction of sp³-hybridized carbons (Fsp3) is 0.100. The van der Waals surface area contributed by atoms with Crippen molar-refractivity contribution in [3.05, 3.63) is 47.6 Å². The van der Waals surface area contributed by atoms with Crippen LogP contribution >= 0.6 is 11.3 Å². The number of thiazole rings is 1. The normalized spacial score (nSPS) is 9.85. The Balaban J connectivity index is 1.94. The molecule has 0 aliphatic rings. The number of hydrogen-bond acceptors (Lipinski definition) is 3. The van der Waals surface area contributed by atoms with E-state index in [1.54, 1.807) is 11.7 Å². The molecule has 0 fully saturated rings. The molecule has 0 amide bonds. The topological polar surface area (TPSA) is 22.1 Å². The van der Waals surface area contributed by atoms with E-state index in [2.05, 4.69) is 4.98 Å². The summed E-state index contributed by atoms with van der Waals surface area (Å²) >= 11 is 1.51. The molecule has 66 valence electrons. The van der Waals surface area contributed by atoms with E-state index in [0.717, 1.165) is 5.06 Å². The van der Waals surface area contributed by atoms with Crippen LogP contribution in [0.5, 0.6) is 5.06 Å². The second-order valence-electron chi connectivity index (χ2n) is 2.59. The maximum atomic E-state index is 5.49. The molecule has 1 aromatic carbocycles. The number of aromatic nitrogens is 1. The van der Waals surface area contributed by atoms with Crippen molar-refractivity contribution in [3.8, 4) is 5.06 Å². The van der Waals surface area contributed by atoms with Crippen LogP contribution in [0.3, 0.4) is 0 Å². The molecular formula is C10H9NOS. The van der Waals surface area contributed by atoms with Crippen LogP contribution < -0.4 is 4.74 Å². The van der Waals surface area contributed by atoms with Gasteiger partial charge < -0.3 is 4.74 Å². The van der Waals surface area contributed by atoms with Crippen LogP contribution in [0.1, 0.15) is 5.56 Å². The van der Waals surface area contributed by atoms with Gasteiger partial charge in [0, 0.05) is 0 Å². The van der Waals surface area contributed by atoms with Gasteiger partial charge in [-0.05, 0) is 5.56 Å². The fourth-order valence-electron chi connectivity index (χ4n) is 1.00. The number of benzene rings is 1. The predicted octanol–water partition coefficient (Wildman–Crippen LogP) is 2.72. The van der Waals surface area contributed by atoms with E-state index in [0.29, 0.717) is 6.61 Å². The summed E-state index contributed by atoms with van der Waals surface area (Å²) in [5.74, 6) is 0. The average Bonchev–Trinajstić information content (AvgIpc) is 2.69. The molecule has 2 aromatic rings. The van der Waals surface area contributed by atoms with E-state index in [1.807, 2.05) is 30.3 Å². The second-order valence-corrected chi connectivity index (χ2v) is 3.44. The van der Waals surface area contributed by atoms with Crippen molar-refractivity contribution in [3.63, 3.8) is 0 Å². The van der Waals surface area contributed by atoms with E-state index < -0.39 is 0 Å². The third kappa shape index (κ3) is 2.29. The average molecular weight is 191 g/mol. The quantitative estimate of drug-likeness (QED) is 0.744. The molecule has 0 radical (unpaired) electrons. The first-order chi connectivity index (χ1) is 6.45. The van der Waals surface area contributed by atoms with Gasteiger partial charge in [-0.2, -0.15) is 0 Å². The molecule has 1 heterocycles. The van der Waals surface area contributed by atoms with Crippen molar-refractivity contribution in [2.24, 2.45) is 0 Å². The maximum absolute atomic E-state index is 5.49. The lowest BCUT2D eigenvalue weighted by atomic mass is 10.2. The Labute approximate surface area is 80.8 Å². The van der Waals surface area contributed by atoms with Crippen LogP contribution in [-0.2, 0) is 6.61 Å². The van der Waals surface area contributed by atoms with Gasteiger partial charge in [-0.1, -0.05) is 41.7 Å². The first-order valence-electron chi connectivity index (χ1n) is 4.00. The first kappa shape index (κ1) is 8.26. The minimum atomic E-state index is 0.614. The predicted molar refractivity (Wildman–Crippen MR) is 52.9 cm³/mol. The van der Waals surface area contributed by atoms with Gasteiger partial charge in [0.25, 0.3) is 0 Å². The van der Waals surface area contributed by atoms with Crippen molar-refractivity contribution >= 4 is 11.3 Å². The molecule has 0 spiro atoms. The zero-order chi connectivity index (χ0) is 8.93. The summed E-state index contributed by atoms with van der Waals surface area (Å²) in [6.45, 7) is 0.614. The minimum absolute atomic E-state index is 0.614. The van der Waals surface area contributed by atoms with Crippen molar-refractivity contribution in [1.29, 1.82) is 0 Å². The molecule has 0 atom stereocenters. The summed E-state index contributed by atoms with van der Waals surface area (Å²) in [6.07, 6.45) is 1.73. The Hall–Kier alpha value is -1.35. The zero-order valence-electron chi connectivity index (χ0n) is 7.01. The molecule has 2 rings (SSSR count). The fourth-order valence-corrected chi connectivity index (χ4v) is 1.48. The summed E-state index contributed by atoms with van der Waals surface area (Å²) in [6, 6.07) is 10.1. The number of rotatable bonds is 3. The van der Waals surface area contributed by atoms with Crippen LogP contribution in [0.4, 0.5) is 0 Å². The van der Waals surface area contributed by atoms with Crippen molar-refractivity contribution in [2.45, 2.75) is 6.61 Å². The lowest BCUT2D eigenvalue weighted by Crippen LogP contribution is -1.92. The summed E-state index contributed by atoms with van der Waals surface area (Å²) < 4.78 is 5.49.